The molecule has 6 heteroatoms. The first-order valence-corrected chi connectivity index (χ1v) is 6.62. The lowest BCUT2D eigenvalue weighted by Crippen LogP contribution is -2.46. The monoisotopic (exact) mass is 273 g/mol. The van der Waals surface area contributed by atoms with Crippen LogP contribution in [0, 0.1) is 11.6 Å². The zero-order chi connectivity index (χ0) is 13.1. The van der Waals surface area contributed by atoms with Crippen LogP contribution >= 0.6 is 11.8 Å². The first kappa shape index (κ1) is 13.3. The summed E-state index contributed by atoms with van der Waals surface area (Å²) in [4.78, 5) is 11.0. The molecule has 2 N–H and O–H groups in total. The molecule has 2 unspecified atom stereocenters. The van der Waals surface area contributed by atoms with Crippen LogP contribution in [0.5, 0.6) is 0 Å². The van der Waals surface area contributed by atoms with Gasteiger partial charge in [-0.1, -0.05) is 6.07 Å². The second-order valence-corrected chi connectivity index (χ2v) is 5.47. The normalized spacial score (nSPS) is 23.8. The number of aliphatic hydroxyl groups excluding tert-OH is 1. The van der Waals surface area contributed by atoms with Crippen LogP contribution < -0.4 is 5.32 Å². The highest BCUT2D eigenvalue weighted by Gasteiger charge is 2.26. The van der Waals surface area contributed by atoms with Gasteiger partial charge in [0.05, 0.1) is 0 Å². The third-order valence-corrected chi connectivity index (χ3v) is 4.09. The van der Waals surface area contributed by atoms with E-state index in [2.05, 4.69) is 5.32 Å². The van der Waals surface area contributed by atoms with E-state index in [0.29, 0.717) is 24.3 Å². The van der Waals surface area contributed by atoms with Gasteiger partial charge in [0.2, 0.25) is 5.91 Å². The summed E-state index contributed by atoms with van der Waals surface area (Å²) in [5.41, 5.74) is 0.685. The molecule has 1 aromatic carbocycles. The molecule has 0 bridgehead atoms. The van der Waals surface area contributed by atoms with Crippen LogP contribution in [0.25, 0.3) is 0 Å². The predicted octanol–water partition coefficient (Wildman–Crippen LogP) is 1.45. The molecule has 1 aliphatic rings. The number of hydrogen-bond acceptors (Lipinski definition) is 3. The molecule has 98 valence electrons. The molecule has 1 fully saturated rings. The quantitative estimate of drug-likeness (QED) is 0.876. The summed E-state index contributed by atoms with van der Waals surface area (Å²) in [6, 6.07) is 3.80. The number of carbonyl (C=O) groups is 1. The van der Waals surface area contributed by atoms with Crippen molar-refractivity contribution in [1.82, 2.24) is 5.32 Å². The minimum atomic E-state index is -0.971. The number of nitrogens with one attached hydrogen (secondary N) is 1. The van der Waals surface area contributed by atoms with Crippen LogP contribution in [0.4, 0.5) is 8.78 Å². The van der Waals surface area contributed by atoms with Gasteiger partial charge in [-0.25, -0.2) is 8.78 Å². The lowest BCUT2D eigenvalue weighted by molar-refractivity contribution is -0.131. The maximum atomic E-state index is 13.0. The van der Waals surface area contributed by atoms with Gasteiger partial charge in [-0.05, 0) is 24.1 Å². The van der Waals surface area contributed by atoms with Crippen molar-refractivity contribution < 1.29 is 18.7 Å². The minimum Gasteiger partial charge on any atom is -0.383 e. The van der Waals surface area contributed by atoms with Crippen LogP contribution in [0.2, 0.25) is 0 Å². The van der Waals surface area contributed by atoms with Crippen LogP contribution in [-0.4, -0.2) is 28.9 Å². The summed E-state index contributed by atoms with van der Waals surface area (Å²) in [7, 11) is 0. The zero-order valence-electron chi connectivity index (χ0n) is 9.53. The Morgan fingerprint density at radius 3 is 2.83 bits per heavy atom. The Labute approximate surface area is 108 Å². The number of halogens is 2. The van der Waals surface area contributed by atoms with Crippen LogP contribution in [0.1, 0.15) is 12.0 Å². The third kappa shape index (κ3) is 3.20. The predicted molar refractivity (Wildman–Crippen MR) is 65.1 cm³/mol. The summed E-state index contributed by atoms with van der Waals surface area (Å²) in [6.07, 6.45) is -0.582. The van der Waals surface area contributed by atoms with Gasteiger partial charge in [0.15, 0.2) is 11.6 Å². The Hall–Kier alpha value is -1.14. The van der Waals surface area contributed by atoms with E-state index in [1.54, 1.807) is 0 Å². The lowest BCUT2D eigenvalue weighted by atomic mass is 10.1. The number of hydrogen-bond donors (Lipinski definition) is 2. The molecule has 18 heavy (non-hydrogen) atoms. The van der Waals surface area contributed by atoms with Gasteiger partial charge in [0, 0.05) is 17.5 Å². The molecule has 1 heterocycles. The number of amides is 1. The largest absolute Gasteiger partial charge is 0.383 e. The highest BCUT2D eigenvalue weighted by atomic mass is 32.2. The number of benzene rings is 1. The Morgan fingerprint density at radius 1 is 1.39 bits per heavy atom. The fraction of sp³-hybridized carbons (Fsp3) is 0.417. The summed E-state index contributed by atoms with van der Waals surface area (Å²) in [6.45, 7) is 0.490. The van der Waals surface area contributed by atoms with Crippen molar-refractivity contribution in [3.63, 3.8) is 0 Å². The Bertz CT molecular complexity index is 456. The second-order valence-electron chi connectivity index (χ2n) is 4.18. The maximum Gasteiger partial charge on any atom is 0.248 e. The topological polar surface area (TPSA) is 49.3 Å². The van der Waals surface area contributed by atoms with E-state index >= 15 is 0 Å². The maximum absolute atomic E-state index is 13.0. The molecule has 0 aromatic heterocycles. The van der Waals surface area contributed by atoms with E-state index in [4.69, 9.17) is 0 Å². The fourth-order valence-electron chi connectivity index (χ4n) is 1.74. The van der Waals surface area contributed by atoms with Gasteiger partial charge < -0.3 is 10.4 Å². The molecule has 2 atom stereocenters. The summed E-state index contributed by atoms with van der Waals surface area (Å²) >= 11 is 1.51. The molecule has 1 amide bonds. The van der Waals surface area contributed by atoms with Crippen molar-refractivity contribution in [1.29, 1.82) is 0 Å². The van der Waals surface area contributed by atoms with Gasteiger partial charge in [-0.15, -0.1) is 0 Å². The van der Waals surface area contributed by atoms with E-state index in [1.807, 2.05) is 0 Å². The molecule has 2 rings (SSSR count). The van der Waals surface area contributed by atoms with Crippen molar-refractivity contribution in [3.05, 3.63) is 35.4 Å². The van der Waals surface area contributed by atoms with Crippen LogP contribution in [0.3, 0.4) is 0 Å². The van der Waals surface area contributed by atoms with Crippen molar-refractivity contribution in [3.8, 4) is 0 Å². The molecule has 0 saturated carbocycles. The first-order chi connectivity index (χ1) is 8.56. The van der Waals surface area contributed by atoms with Crippen molar-refractivity contribution in [2.45, 2.75) is 23.5 Å². The highest BCUT2D eigenvalue weighted by molar-refractivity contribution is 7.99. The van der Waals surface area contributed by atoms with Gasteiger partial charge >= 0.3 is 0 Å². The smallest absolute Gasteiger partial charge is 0.248 e. The van der Waals surface area contributed by atoms with Gasteiger partial charge in [-0.3, -0.25) is 4.79 Å². The average Bonchev–Trinajstić information content (AvgIpc) is 2.35. The zero-order valence-corrected chi connectivity index (χ0v) is 10.3. The molecular formula is C12H13F2NO2S. The minimum absolute atomic E-state index is 0.0887. The Balaban J connectivity index is 1.88. The van der Waals surface area contributed by atoms with E-state index in [-0.39, 0.29) is 11.2 Å². The number of rotatable bonds is 3. The summed E-state index contributed by atoms with van der Waals surface area (Å²) < 4.78 is 25.7. The van der Waals surface area contributed by atoms with Crippen molar-refractivity contribution in [2.24, 2.45) is 0 Å². The number of thioether (sulfide) groups is 1. The van der Waals surface area contributed by atoms with Gasteiger partial charge in [-0.2, -0.15) is 11.8 Å². The number of carbonyl (C=O) groups excluding carboxylic acids is 1. The van der Waals surface area contributed by atoms with E-state index in [0.717, 1.165) is 6.07 Å². The molecular weight excluding hydrogens is 260 g/mol. The summed E-state index contributed by atoms with van der Waals surface area (Å²) in [5, 5.41) is 12.1. The second kappa shape index (κ2) is 5.67. The Kier molecular flexibility index (Phi) is 4.19. The molecule has 1 aliphatic heterocycles. The standard InChI is InChI=1S/C12H13F2NO2S/c13-9-2-1-7(3-10(9)14)6-18-8-4-11(16)12(17)15-5-8/h1-3,8,11,16H,4-6H2,(H,15,17). The van der Waals surface area contributed by atoms with E-state index in [1.165, 1.54) is 23.9 Å². The third-order valence-electron chi connectivity index (χ3n) is 2.76. The van der Waals surface area contributed by atoms with Crippen molar-refractivity contribution in [2.75, 3.05) is 6.54 Å². The molecule has 1 saturated heterocycles. The molecule has 0 spiro atoms. The lowest BCUT2D eigenvalue weighted by Gasteiger charge is -2.25. The fourth-order valence-corrected chi connectivity index (χ4v) is 2.87. The van der Waals surface area contributed by atoms with Gasteiger partial charge in [0.25, 0.3) is 0 Å². The van der Waals surface area contributed by atoms with Gasteiger partial charge in [0.1, 0.15) is 6.10 Å². The first-order valence-electron chi connectivity index (χ1n) is 5.57. The van der Waals surface area contributed by atoms with Crippen molar-refractivity contribution >= 4 is 17.7 Å². The number of piperidine rings is 1. The summed E-state index contributed by atoms with van der Waals surface area (Å²) in [5.74, 6) is -1.54. The highest BCUT2D eigenvalue weighted by Crippen LogP contribution is 2.24. The average molecular weight is 273 g/mol. The van der Waals surface area contributed by atoms with Crippen LogP contribution in [-0.2, 0) is 10.5 Å². The molecule has 0 aliphatic carbocycles. The van der Waals surface area contributed by atoms with Crippen LogP contribution in [0.15, 0.2) is 18.2 Å². The molecule has 0 radical (unpaired) electrons. The molecule has 1 aromatic rings. The SMILES string of the molecule is O=C1NCC(SCc2ccc(F)c(F)c2)CC1O. The van der Waals surface area contributed by atoms with E-state index < -0.39 is 17.7 Å². The molecule has 3 nitrogen and oxygen atoms in total. The Morgan fingerprint density at radius 2 is 2.17 bits per heavy atom. The number of aliphatic hydroxyl groups is 1. The van der Waals surface area contributed by atoms with E-state index in [9.17, 15) is 18.7 Å².